The van der Waals surface area contributed by atoms with Gasteiger partial charge in [0.2, 0.25) is 0 Å². The van der Waals surface area contributed by atoms with Crippen molar-refractivity contribution in [2.45, 2.75) is 26.4 Å². The maximum atomic E-state index is 14.8. The van der Waals surface area contributed by atoms with Gasteiger partial charge >= 0.3 is 0 Å². The van der Waals surface area contributed by atoms with Crippen LogP contribution in [0.5, 0.6) is 5.75 Å². The zero-order valence-corrected chi connectivity index (χ0v) is 20.9. The number of hydrogen-bond acceptors (Lipinski definition) is 7. The molecule has 0 unspecified atom stereocenters. The summed E-state index contributed by atoms with van der Waals surface area (Å²) >= 11 is 6.03. The Balaban J connectivity index is 1.86. The first-order valence-corrected chi connectivity index (χ1v) is 12.1. The van der Waals surface area contributed by atoms with Crippen LogP contribution in [0.15, 0.2) is 36.5 Å². The van der Waals surface area contributed by atoms with E-state index in [2.05, 4.69) is 33.2 Å². The van der Waals surface area contributed by atoms with E-state index in [0.717, 1.165) is 48.6 Å². The number of likely N-dealkylation sites (N-methyl/N-ethyl adjacent to an activating group) is 1. The third-order valence-corrected chi connectivity index (χ3v) is 6.29. The normalized spacial score (nSPS) is 14.4. The van der Waals surface area contributed by atoms with Crippen LogP contribution in [0.3, 0.4) is 0 Å². The monoisotopic (exact) mass is 500 g/mol. The highest BCUT2D eigenvalue weighted by Gasteiger charge is 2.22. The summed E-state index contributed by atoms with van der Waals surface area (Å²) in [6, 6.07) is 8.83. The molecule has 9 heteroatoms. The summed E-state index contributed by atoms with van der Waals surface area (Å²) in [6.07, 6.45) is 2.13. The average Bonchev–Trinajstić information content (AvgIpc) is 2.83. The smallest absolute Gasteiger partial charge is 0.293 e. The number of carbonyl (C=O) groups excluding carboxylic acids is 1. The SMILES string of the molecule is CC(C)Oc1cc2ncc(CCOC=O)c(Nc3cccc(Cl)c3F)c2cc1N1CCN(C)CC1. The first kappa shape index (κ1) is 25.0. The Bertz CT molecular complexity index is 1200. The second-order valence-electron chi connectivity index (χ2n) is 8.90. The molecule has 1 saturated heterocycles. The molecule has 0 radical (unpaired) electrons. The van der Waals surface area contributed by atoms with Crippen molar-refractivity contribution >= 4 is 46.0 Å². The van der Waals surface area contributed by atoms with Gasteiger partial charge in [-0.2, -0.15) is 0 Å². The lowest BCUT2D eigenvalue weighted by atomic mass is 10.0. The molecule has 0 bridgehead atoms. The van der Waals surface area contributed by atoms with Crippen LogP contribution in [0, 0.1) is 5.82 Å². The number of nitrogens with zero attached hydrogens (tertiary/aromatic N) is 3. The summed E-state index contributed by atoms with van der Waals surface area (Å²) in [4.78, 5) is 20.0. The van der Waals surface area contributed by atoms with Crippen LogP contribution in [-0.2, 0) is 16.0 Å². The fraction of sp³-hybridized carbons (Fsp3) is 0.385. The van der Waals surface area contributed by atoms with Crippen LogP contribution in [0.4, 0.5) is 21.5 Å². The number of halogens is 2. The van der Waals surface area contributed by atoms with Crippen LogP contribution in [0.1, 0.15) is 19.4 Å². The van der Waals surface area contributed by atoms with Gasteiger partial charge in [0, 0.05) is 50.2 Å². The van der Waals surface area contributed by atoms with Gasteiger partial charge in [-0.15, -0.1) is 0 Å². The molecule has 1 aliphatic rings. The van der Waals surface area contributed by atoms with E-state index < -0.39 is 5.82 Å². The number of fused-ring (bicyclic) bond motifs is 1. The molecule has 2 aromatic carbocycles. The van der Waals surface area contributed by atoms with Crippen molar-refractivity contribution in [3.05, 3.63) is 52.9 Å². The molecule has 0 saturated carbocycles. The van der Waals surface area contributed by atoms with E-state index in [1.54, 1.807) is 18.3 Å². The summed E-state index contributed by atoms with van der Waals surface area (Å²) < 4.78 is 25.9. The van der Waals surface area contributed by atoms with Crippen molar-refractivity contribution < 1.29 is 18.7 Å². The van der Waals surface area contributed by atoms with Crippen LogP contribution >= 0.6 is 11.6 Å². The molecular weight excluding hydrogens is 471 g/mol. The predicted molar refractivity (Wildman–Crippen MR) is 138 cm³/mol. The van der Waals surface area contributed by atoms with Crippen molar-refractivity contribution in [3.63, 3.8) is 0 Å². The van der Waals surface area contributed by atoms with Gasteiger partial charge in [0.1, 0.15) is 5.75 Å². The second kappa shape index (κ2) is 11.1. The zero-order valence-electron chi connectivity index (χ0n) is 20.2. The third-order valence-electron chi connectivity index (χ3n) is 6.00. The van der Waals surface area contributed by atoms with Gasteiger partial charge in [-0.1, -0.05) is 17.7 Å². The van der Waals surface area contributed by atoms with Gasteiger partial charge in [-0.05, 0) is 44.7 Å². The fourth-order valence-corrected chi connectivity index (χ4v) is 4.36. The van der Waals surface area contributed by atoms with E-state index in [0.29, 0.717) is 24.1 Å². The molecule has 2 heterocycles. The quantitative estimate of drug-likeness (QED) is 0.326. The number of hydrogen-bond donors (Lipinski definition) is 1. The fourth-order valence-electron chi connectivity index (χ4n) is 4.18. The number of carbonyl (C=O) groups is 1. The highest BCUT2D eigenvalue weighted by atomic mass is 35.5. The van der Waals surface area contributed by atoms with Crippen molar-refractivity contribution in [2.24, 2.45) is 0 Å². The van der Waals surface area contributed by atoms with Crippen molar-refractivity contribution in [3.8, 4) is 5.75 Å². The van der Waals surface area contributed by atoms with Gasteiger partial charge in [0.05, 0.1) is 40.3 Å². The molecule has 0 aliphatic carbocycles. The summed E-state index contributed by atoms with van der Waals surface area (Å²) in [5, 5.41) is 4.09. The minimum absolute atomic E-state index is 0.00317. The Labute approximate surface area is 209 Å². The first-order valence-electron chi connectivity index (χ1n) is 11.7. The van der Waals surface area contributed by atoms with Crippen LogP contribution in [0.25, 0.3) is 10.9 Å². The molecule has 0 spiro atoms. The number of pyridine rings is 1. The molecule has 7 nitrogen and oxygen atoms in total. The number of aromatic nitrogens is 1. The maximum Gasteiger partial charge on any atom is 0.293 e. The molecule has 186 valence electrons. The third kappa shape index (κ3) is 5.77. The second-order valence-corrected chi connectivity index (χ2v) is 9.30. The topological polar surface area (TPSA) is 66.9 Å². The summed E-state index contributed by atoms with van der Waals surface area (Å²) in [5.74, 6) is 0.231. The first-order chi connectivity index (χ1) is 16.9. The lowest BCUT2D eigenvalue weighted by molar-refractivity contribution is -0.128. The number of anilines is 3. The molecule has 1 fully saturated rings. The Morgan fingerprint density at radius 1 is 1.23 bits per heavy atom. The lowest BCUT2D eigenvalue weighted by Gasteiger charge is -2.35. The highest BCUT2D eigenvalue weighted by Crippen LogP contribution is 2.39. The number of nitrogens with one attached hydrogen (secondary N) is 1. The molecule has 0 amide bonds. The van der Waals surface area contributed by atoms with Crippen molar-refractivity contribution in [1.82, 2.24) is 9.88 Å². The van der Waals surface area contributed by atoms with E-state index in [4.69, 9.17) is 21.1 Å². The Kier molecular flexibility index (Phi) is 7.93. The number of benzene rings is 2. The summed E-state index contributed by atoms with van der Waals surface area (Å²) in [7, 11) is 2.11. The molecule has 1 aromatic heterocycles. The van der Waals surface area contributed by atoms with Crippen LogP contribution < -0.4 is 15.0 Å². The molecular formula is C26H30ClFN4O3. The van der Waals surface area contributed by atoms with E-state index in [1.165, 1.54) is 6.07 Å². The number of rotatable bonds is 9. The number of piperazine rings is 1. The standard InChI is InChI=1S/C26H30ClFN4O3/c1-17(2)35-24-14-22-19(13-23(24)32-10-8-31(3)9-11-32)26(18(15-29-22)7-12-34-16-33)30-21-6-4-5-20(27)25(21)28/h4-6,13-17H,7-12H2,1-3H3,(H,29,30). The Morgan fingerprint density at radius 3 is 2.71 bits per heavy atom. The van der Waals surface area contributed by atoms with Gasteiger partial charge in [-0.3, -0.25) is 9.78 Å². The molecule has 0 atom stereocenters. The van der Waals surface area contributed by atoms with E-state index >= 15 is 0 Å². The van der Waals surface area contributed by atoms with Gasteiger partial charge in [0.25, 0.3) is 6.47 Å². The van der Waals surface area contributed by atoms with Crippen molar-refractivity contribution in [2.75, 3.05) is 50.1 Å². The van der Waals surface area contributed by atoms with E-state index in [1.807, 2.05) is 19.9 Å². The molecule has 4 rings (SSSR count). The minimum atomic E-state index is -0.534. The molecule has 1 N–H and O–H groups in total. The molecule has 1 aliphatic heterocycles. The predicted octanol–water partition coefficient (Wildman–Crippen LogP) is 5.03. The van der Waals surface area contributed by atoms with Gasteiger partial charge in [0.15, 0.2) is 5.82 Å². The zero-order chi connectivity index (χ0) is 24.9. The average molecular weight is 501 g/mol. The van der Waals surface area contributed by atoms with Gasteiger partial charge in [-0.25, -0.2) is 4.39 Å². The van der Waals surface area contributed by atoms with Crippen LogP contribution in [0.2, 0.25) is 5.02 Å². The Morgan fingerprint density at radius 2 is 2.00 bits per heavy atom. The minimum Gasteiger partial charge on any atom is -0.489 e. The number of ether oxygens (including phenoxy) is 2. The van der Waals surface area contributed by atoms with Crippen molar-refractivity contribution in [1.29, 1.82) is 0 Å². The maximum absolute atomic E-state index is 14.8. The Hall–Kier alpha value is -3.10. The summed E-state index contributed by atoms with van der Waals surface area (Å²) in [6.45, 7) is 8.21. The van der Waals surface area contributed by atoms with E-state index in [-0.39, 0.29) is 23.4 Å². The largest absolute Gasteiger partial charge is 0.489 e. The molecule has 35 heavy (non-hydrogen) atoms. The highest BCUT2D eigenvalue weighted by molar-refractivity contribution is 6.31. The van der Waals surface area contributed by atoms with E-state index in [9.17, 15) is 9.18 Å². The lowest BCUT2D eigenvalue weighted by Crippen LogP contribution is -2.44. The van der Waals surface area contributed by atoms with Gasteiger partial charge < -0.3 is 24.6 Å². The van der Waals surface area contributed by atoms with Crippen LogP contribution in [-0.4, -0.2) is 62.3 Å². The molecule has 3 aromatic rings. The summed E-state index contributed by atoms with van der Waals surface area (Å²) in [5.41, 5.74) is 3.42.